The summed E-state index contributed by atoms with van der Waals surface area (Å²) in [6.07, 6.45) is 0. The minimum Gasteiger partial charge on any atom is -0.497 e. The van der Waals surface area contributed by atoms with Crippen LogP contribution in [-0.4, -0.2) is 7.11 Å². The van der Waals surface area contributed by atoms with E-state index in [0.717, 1.165) is 17.1 Å². The zero-order valence-corrected chi connectivity index (χ0v) is 9.97. The van der Waals surface area contributed by atoms with Gasteiger partial charge in [-0.3, -0.25) is 0 Å². The molecule has 0 radical (unpaired) electrons. The molecule has 0 aliphatic heterocycles. The first-order chi connectivity index (χ1) is 8.72. The molecule has 0 heterocycles. The summed E-state index contributed by atoms with van der Waals surface area (Å²) >= 11 is 0. The van der Waals surface area contributed by atoms with Crippen molar-refractivity contribution < 1.29 is 4.74 Å². The number of benzene rings is 2. The van der Waals surface area contributed by atoms with Crippen molar-refractivity contribution in [3.05, 3.63) is 48.0 Å². The molecule has 0 saturated heterocycles. The van der Waals surface area contributed by atoms with Crippen molar-refractivity contribution in [3.8, 4) is 11.8 Å². The van der Waals surface area contributed by atoms with Crippen LogP contribution in [0.4, 0.5) is 17.1 Å². The van der Waals surface area contributed by atoms with Crippen LogP contribution in [0.25, 0.3) is 0 Å². The van der Waals surface area contributed by atoms with Gasteiger partial charge in [-0.15, -0.1) is 0 Å². The molecule has 0 aromatic heterocycles. The van der Waals surface area contributed by atoms with Crippen LogP contribution in [0, 0.1) is 11.3 Å². The molecular weight excluding hydrogens is 226 g/mol. The first kappa shape index (κ1) is 11.8. The van der Waals surface area contributed by atoms with Crippen molar-refractivity contribution in [2.45, 2.75) is 0 Å². The van der Waals surface area contributed by atoms with Crippen LogP contribution in [-0.2, 0) is 0 Å². The van der Waals surface area contributed by atoms with E-state index in [9.17, 15) is 0 Å². The van der Waals surface area contributed by atoms with Crippen LogP contribution in [0.5, 0.6) is 5.75 Å². The Kier molecular flexibility index (Phi) is 3.35. The summed E-state index contributed by atoms with van der Waals surface area (Å²) in [6, 6.07) is 14.7. The zero-order chi connectivity index (χ0) is 13.0. The Bertz CT molecular complexity index is 602. The van der Waals surface area contributed by atoms with Crippen molar-refractivity contribution in [1.82, 2.24) is 0 Å². The number of hydrogen-bond donors (Lipinski definition) is 2. The van der Waals surface area contributed by atoms with Gasteiger partial charge in [0.2, 0.25) is 0 Å². The number of ether oxygens (including phenoxy) is 1. The lowest BCUT2D eigenvalue weighted by molar-refractivity contribution is 0.415. The van der Waals surface area contributed by atoms with Crippen LogP contribution in [0.15, 0.2) is 42.5 Å². The quantitative estimate of drug-likeness (QED) is 0.808. The van der Waals surface area contributed by atoms with E-state index in [1.807, 2.05) is 30.3 Å². The van der Waals surface area contributed by atoms with E-state index in [-0.39, 0.29) is 0 Å². The van der Waals surface area contributed by atoms with E-state index >= 15 is 0 Å². The van der Waals surface area contributed by atoms with E-state index in [1.54, 1.807) is 25.3 Å². The Morgan fingerprint density at radius 3 is 2.72 bits per heavy atom. The first-order valence-corrected chi connectivity index (χ1v) is 5.43. The molecule has 0 amide bonds. The molecule has 4 heteroatoms. The Hall–Kier alpha value is -2.67. The smallest absolute Gasteiger partial charge is 0.120 e. The van der Waals surface area contributed by atoms with Crippen molar-refractivity contribution >= 4 is 17.1 Å². The second-order valence-corrected chi connectivity index (χ2v) is 3.77. The van der Waals surface area contributed by atoms with Gasteiger partial charge in [0.15, 0.2) is 0 Å². The molecule has 0 saturated carbocycles. The predicted octanol–water partition coefficient (Wildman–Crippen LogP) is 2.89. The van der Waals surface area contributed by atoms with Crippen LogP contribution in [0.3, 0.4) is 0 Å². The average molecular weight is 239 g/mol. The number of rotatable bonds is 3. The van der Waals surface area contributed by atoms with Gasteiger partial charge in [-0.1, -0.05) is 6.07 Å². The maximum absolute atomic E-state index is 8.77. The van der Waals surface area contributed by atoms with Gasteiger partial charge in [-0.05, 0) is 30.3 Å². The van der Waals surface area contributed by atoms with Crippen molar-refractivity contribution in [3.63, 3.8) is 0 Å². The average Bonchev–Trinajstić information content (AvgIpc) is 2.41. The van der Waals surface area contributed by atoms with Crippen LogP contribution >= 0.6 is 0 Å². The molecule has 0 unspecified atom stereocenters. The molecular formula is C14H13N3O. The summed E-state index contributed by atoms with van der Waals surface area (Å²) in [7, 11) is 1.62. The molecule has 2 rings (SSSR count). The Morgan fingerprint density at radius 2 is 2.06 bits per heavy atom. The molecule has 3 N–H and O–H groups in total. The SMILES string of the molecule is COc1cccc(Nc2ccc(C#N)cc2N)c1. The Labute approximate surface area is 106 Å². The minimum absolute atomic E-state index is 0.539. The number of nitrogens with zero attached hydrogens (tertiary/aromatic N) is 1. The number of nitriles is 1. The highest BCUT2D eigenvalue weighted by Gasteiger charge is 2.02. The molecule has 0 bridgehead atoms. The fourth-order valence-corrected chi connectivity index (χ4v) is 1.60. The third-order valence-corrected chi connectivity index (χ3v) is 2.53. The third-order valence-electron chi connectivity index (χ3n) is 2.53. The second-order valence-electron chi connectivity index (χ2n) is 3.77. The monoisotopic (exact) mass is 239 g/mol. The van der Waals surface area contributed by atoms with E-state index in [2.05, 4.69) is 5.32 Å². The Balaban J connectivity index is 2.26. The van der Waals surface area contributed by atoms with E-state index < -0.39 is 0 Å². The first-order valence-electron chi connectivity index (χ1n) is 5.43. The molecule has 90 valence electrons. The van der Waals surface area contributed by atoms with E-state index in [1.165, 1.54) is 0 Å². The molecule has 0 fully saturated rings. The second kappa shape index (κ2) is 5.11. The fourth-order valence-electron chi connectivity index (χ4n) is 1.60. The van der Waals surface area contributed by atoms with Gasteiger partial charge >= 0.3 is 0 Å². The van der Waals surface area contributed by atoms with Crippen LogP contribution < -0.4 is 15.8 Å². The summed E-state index contributed by atoms with van der Waals surface area (Å²) in [6.45, 7) is 0. The van der Waals surface area contributed by atoms with Gasteiger partial charge in [0.05, 0.1) is 30.1 Å². The molecule has 4 nitrogen and oxygen atoms in total. The lowest BCUT2D eigenvalue weighted by Crippen LogP contribution is -1.97. The van der Waals surface area contributed by atoms with Crippen molar-refractivity contribution in [2.75, 3.05) is 18.2 Å². The van der Waals surface area contributed by atoms with Crippen molar-refractivity contribution in [2.24, 2.45) is 0 Å². The number of nitrogens with one attached hydrogen (secondary N) is 1. The zero-order valence-electron chi connectivity index (χ0n) is 9.97. The topological polar surface area (TPSA) is 71.1 Å². The largest absolute Gasteiger partial charge is 0.497 e. The normalized spacial score (nSPS) is 9.56. The minimum atomic E-state index is 0.539. The lowest BCUT2D eigenvalue weighted by Gasteiger charge is -2.10. The van der Waals surface area contributed by atoms with Crippen LogP contribution in [0.1, 0.15) is 5.56 Å². The number of nitrogen functional groups attached to an aromatic ring is 1. The van der Waals surface area contributed by atoms with Gasteiger partial charge in [-0.2, -0.15) is 5.26 Å². The predicted molar refractivity (Wildman–Crippen MR) is 71.8 cm³/mol. The van der Waals surface area contributed by atoms with Gasteiger partial charge in [0, 0.05) is 11.8 Å². The molecule has 0 atom stereocenters. The lowest BCUT2D eigenvalue weighted by atomic mass is 10.2. The number of nitrogens with two attached hydrogens (primary N) is 1. The standard InChI is InChI=1S/C14H13N3O/c1-18-12-4-2-3-11(8-12)17-14-6-5-10(9-15)7-13(14)16/h2-8,17H,16H2,1H3. The fraction of sp³-hybridized carbons (Fsp3) is 0.0714. The highest BCUT2D eigenvalue weighted by molar-refractivity contribution is 5.74. The summed E-state index contributed by atoms with van der Waals surface area (Å²) in [5.41, 5.74) is 8.60. The van der Waals surface area contributed by atoms with E-state index in [4.69, 9.17) is 15.7 Å². The highest BCUT2D eigenvalue weighted by Crippen LogP contribution is 2.26. The molecule has 18 heavy (non-hydrogen) atoms. The van der Waals surface area contributed by atoms with Gasteiger partial charge < -0.3 is 15.8 Å². The molecule has 0 aliphatic rings. The molecule has 2 aromatic carbocycles. The molecule has 2 aromatic rings. The maximum Gasteiger partial charge on any atom is 0.120 e. The van der Waals surface area contributed by atoms with Gasteiger partial charge in [0.25, 0.3) is 0 Å². The van der Waals surface area contributed by atoms with Crippen molar-refractivity contribution in [1.29, 1.82) is 5.26 Å². The highest BCUT2D eigenvalue weighted by atomic mass is 16.5. The van der Waals surface area contributed by atoms with Gasteiger partial charge in [-0.25, -0.2) is 0 Å². The summed E-state index contributed by atoms with van der Waals surface area (Å²) < 4.78 is 5.14. The third kappa shape index (κ3) is 2.53. The van der Waals surface area contributed by atoms with Crippen LogP contribution in [0.2, 0.25) is 0 Å². The summed E-state index contributed by atoms with van der Waals surface area (Å²) in [5, 5.41) is 12.0. The summed E-state index contributed by atoms with van der Waals surface area (Å²) in [4.78, 5) is 0. The number of methoxy groups -OCH3 is 1. The number of hydrogen-bond acceptors (Lipinski definition) is 4. The Morgan fingerprint density at radius 1 is 1.22 bits per heavy atom. The maximum atomic E-state index is 8.77. The molecule has 0 aliphatic carbocycles. The number of anilines is 3. The van der Waals surface area contributed by atoms with Gasteiger partial charge in [0.1, 0.15) is 5.75 Å². The van der Waals surface area contributed by atoms with E-state index in [0.29, 0.717) is 11.3 Å². The molecule has 0 spiro atoms. The summed E-state index contributed by atoms with van der Waals surface area (Å²) in [5.74, 6) is 0.771.